The standard InChI is InChI=1S/C20H26ClN5O2/c1-14(27)25-8-5-9-26-17(12-25)11-18(24-26)19(28)23-20(2,3)13-22-16-7-4-6-15(21)10-16/h4,6-7,10-11,22H,5,8-9,12-13H2,1-3H3,(H,23,28). The molecule has 0 saturated carbocycles. The van der Waals surface area contributed by atoms with Crippen LogP contribution in [0.15, 0.2) is 30.3 Å². The van der Waals surface area contributed by atoms with E-state index in [1.54, 1.807) is 17.9 Å². The van der Waals surface area contributed by atoms with Crippen molar-refractivity contribution in [1.82, 2.24) is 20.0 Å². The highest BCUT2D eigenvalue weighted by Crippen LogP contribution is 2.17. The van der Waals surface area contributed by atoms with E-state index < -0.39 is 5.54 Å². The Morgan fingerprint density at radius 1 is 1.25 bits per heavy atom. The molecule has 1 aliphatic rings. The van der Waals surface area contributed by atoms with Crippen molar-refractivity contribution in [1.29, 1.82) is 0 Å². The van der Waals surface area contributed by atoms with Crippen molar-refractivity contribution >= 4 is 29.1 Å². The Balaban J connectivity index is 1.64. The van der Waals surface area contributed by atoms with Gasteiger partial charge in [0.05, 0.1) is 17.8 Å². The van der Waals surface area contributed by atoms with E-state index in [-0.39, 0.29) is 11.8 Å². The molecule has 7 nitrogen and oxygen atoms in total. The highest BCUT2D eigenvalue weighted by molar-refractivity contribution is 6.30. The number of amides is 2. The van der Waals surface area contributed by atoms with Crippen LogP contribution >= 0.6 is 11.6 Å². The van der Waals surface area contributed by atoms with E-state index in [0.717, 1.165) is 17.8 Å². The summed E-state index contributed by atoms with van der Waals surface area (Å²) >= 11 is 6.01. The summed E-state index contributed by atoms with van der Waals surface area (Å²) in [5.41, 5.74) is 1.66. The molecule has 0 spiro atoms. The van der Waals surface area contributed by atoms with E-state index in [1.165, 1.54) is 0 Å². The zero-order chi connectivity index (χ0) is 20.3. The predicted molar refractivity (Wildman–Crippen MR) is 109 cm³/mol. The Morgan fingerprint density at radius 2 is 2.04 bits per heavy atom. The van der Waals surface area contributed by atoms with Crippen LogP contribution in [0.25, 0.3) is 0 Å². The van der Waals surface area contributed by atoms with E-state index in [0.29, 0.717) is 36.9 Å². The lowest BCUT2D eigenvalue weighted by atomic mass is 10.1. The predicted octanol–water partition coefficient (Wildman–Crippen LogP) is 2.91. The smallest absolute Gasteiger partial charge is 0.272 e. The van der Waals surface area contributed by atoms with E-state index in [2.05, 4.69) is 15.7 Å². The number of carbonyl (C=O) groups is 2. The maximum atomic E-state index is 12.7. The minimum Gasteiger partial charge on any atom is -0.383 e. The molecule has 0 saturated heterocycles. The number of hydrogen-bond donors (Lipinski definition) is 2. The first-order chi connectivity index (χ1) is 13.2. The molecular weight excluding hydrogens is 378 g/mol. The molecule has 8 heteroatoms. The summed E-state index contributed by atoms with van der Waals surface area (Å²) in [6, 6.07) is 9.23. The number of benzene rings is 1. The summed E-state index contributed by atoms with van der Waals surface area (Å²) in [6.07, 6.45) is 0.824. The number of rotatable bonds is 5. The third kappa shape index (κ3) is 5.04. The van der Waals surface area contributed by atoms with Gasteiger partial charge < -0.3 is 15.5 Å². The molecule has 2 N–H and O–H groups in total. The van der Waals surface area contributed by atoms with Crippen LogP contribution in [0.2, 0.25) is 5.02 Å². The second-order valence-corrected chi connectivity index (χ2v) is 8.18. The Hall–Kier alpha value is -2.54. The minimum atomic E-state index is -0.494. The minimum absolute atomic E-state index is 0.0360. The van der Waals surface area contributed by atoms with Crippen LogP contribution in [0.3, 0.4) is 0 Å². The molecule has 150 valence electrons. The van der Waals surface area contributed by atoms with Gasteiger partial charge in [0.1, 0.15) is 0 Å². The Bertz CT molecular complexity index is 877. The number of hydrogen-bond acceptors (Lipinski definition) is 4. The quantitative estimate of drug-likeness (QED) is 0.804. The molecule has 0 fully saturated rings. The Labute approximate surface area is 170 Å². The van der Waals surface area contributed by atoms with Crippen molar-refractivity contribution in [3.05, 3.63) is 46.7 Å². The lowest BCUT2D eigenvalue weighted by Gasteiger charge is -2.26. The van der Waals surface area contributed by atoms with Gasteiger partial charge in [-0.1, -0.05) is 17.7 Å². The lowest BCUT2D eigenvalue weighted by Crippen LogP contribution is -2.48. The van der Waals surface area contributed by atoms with Gasteiger partial charge in [0.25, 0.3) is 5.91 Å². The molecule has 1 aliphatic heterocycles. The summed E-state index contributed by atoms with van der Waals surface area (Å²) in [7, 11) is 0. The molecule has 1 aromatic carbocycles. The first-order valence-electron chi connectivity index (χ1n) is 9.38. The van der Waals surface area contributed by atoms with Crippen molar-refractivity contribution in [2.24, 2.45) is 0 Å². The largest absolute Gasteiger partial charge is 0.383 e. The average molecular weight is 404 g/mol. The molecular formula is C20H26ClN5O2. The van der Waals surface area contributed by atoms with E-state index in [4.69, 9.17) is 11.6 Å². The Morgan fingerprint density at radius 3 is 2.75 bits per heavy atom. The molecule has 28 heavy (non-hydrogen) atoms. The average Bonchev–Trinajstić information content (AvgIpc) is 2.91. The summed E-state index contributed by atoms with van der Waals surface area (Å²) in [6.45, 7) is 7.88. The molecule has 0 atom stereocenters. The first-order valence-corrected chi connectivity index (χ1v) is 9.75. The van der Waals surface area contributed by atoms with Crippen molar-refractivity contribution in [2.45, 2.75) is 45.8 Å². The fraction of sp³-hybridized carbons (Fsp3) is 0.450. The van der Waals surface area contributed by atoms with Gasteiger partial charge in [-0.25, -0.2) is 0 Å². The molecule has 3 rings (SSSR count). The number of fused-ring (bicyclic) bond motifs is 1. The highest BCUT2D eigenvalue weighted by atomic mass is 35.5. The zero-order valence-corrected chi connectivity index (χ0v) is 17.2. The van der Waals surface area contributed by atoms with Crippen molar-refractivity contribution in [3.8, 4) is 0 Å². The van der Waals surface area contributed by atoms with Crippen molar-refractivity contribution in [2.75, 3.05) is 18.4 Å². The molecule has 0 radical (unpaired) electrons. The van der Waals surface area contributed by atoms with Crippen molar-refractivity contribution < 1.29 is 9.59 Å². The van der Waals surface area contributed by atoms with Crippen LogP contribution < -0.4 is 10.6 Å². The highest BCUT2D eigenvalue weighted by Gasteiger charge is 2.25. The lowest BCUT2D eigenvalue weighted by molar-refractivity contribution is -0.129. The van der Waals surface area contributed by atoms with Gasteiger partial charge in [0, 0.05) is 37.3 Å². The van der Waals surface area contributed by atoms with Crippen molar-refractivity contribution in [3.63, 3.8) is 0 Å². The maximum Gasteiger partial charge on any atom is 0.272 e. The topological polar surface area (TPSA) is 79.3 Å². The molecule has 0 bridgehead atoms. The van der Waals surface area contributed by atoms with Gasteiger partial charge in [-0.15, -0.1) is 0 Å². The summed E-state index contributed by atoms with van der Waals surface area (Å²) in [4.78, 5) is 26.2. The van der Waals surface area contributed by atoms with Crippen LogP contribution in [0, 0.1) is 0 Å². The first kappa shape index (κ1) is 20.2. The molecule has 2 aromatic rings. The van der Waals surface area contributed by atoms with E-state index in [1.807, 2.05) is 42.8 Å². The SMILES string of the molecule is CC(=O)N1CCCn2nc(C(=O)NC(C)(C)CNc3cccc(Cl)c3)cc2C1. The van der Waals surface area contributed by atoms with Gasteiger partial charge >= 0.3 is 0 Å². The normalized spacial score (nSPS) is 14.2. The molecule has 2 heterocycles. The monoisotopic (exact) mass is 403 g/mol. The van der Waals surface area contributed by atoms with Crippen LogP contribution in [0.5, 0.6) is 0 Å². The van der Waals surface area contributed by atoms with Crippen LogP contribution in [0.1, 0.15) is 43.4 Å². The zero-order valence-electron chi connectivity index (χ0n) is 16.5. The summed E-state index contributed by atoms with van der Waals surface area (Å²) in [5, 5.41) is 11.4. The number of nitrogens with one attached hydrogen (secondary N) is 2. The summed E-state index contributed by atoms with van der Waals surface area (Å²) < 4.78 is 1.83. The molecule has 0 aliphatic carbocycles. The number of carbonyl (C=O) groups excluding carboxylic acids is 2. The van der Waals surface area contributed by atoms with Gasteiger partial charge in [-0.05, 0) is 44.5 Å². The summed E-state index contributed by atoms with van der Waals surface area (Å²) in [5.74, 6) is -0.193. The van der Waals surface area contributed by atoms with Gasteiger partial charge in [-0.2, -0.15) is 5.10 Å². The third-order valence-electron chi connectivity index (χ3n) is 4.70. The fourth-order valence-electron chi connectivity index (χ4n) is 3.18. The Kier molecular flexibility index (Phi) is 5.93. The fourth-order valence-corrected chi connectivity index (χ4v) is 3.37. The molecule has 0 unspecified atom stereocenters. The number of nitrogens with zero attached hydrogens (tertiary/aromatic N) is 3. The van der Waals surface area contributed by atoms with Gasteiger partial charge in [0.2, 0.25) is 5.91 Å². The second kappa shape index (κ2) is 8.22. The second-order valence-electron chi connectivity index (χ2n) is 7.74. The van der Waals surface area contributed by atoms with E-state index in [9.17, 15) is 9.59 Å². The van der Waals surface area contributed by atoms with Crippen LogP contribution in [0.4, 0.5) is 5.69 Å². The van der Waals surface area contributed by atoms with Crippen LogP contribution in [-0.4, -0.2) is 45.1 Å². The maximum absolute atomic E-state index is 12.7. The number of anilines is 1. The number of aryl methyl sites for hydroxylation is 1. The molecule has 1 aromatic heterocycles. The third-order valence-corrected chi connectivity index (χ3v) is 4.94. The van der Waals surface area contributed by atoms with Gasteiger partial charge in [0.15, 0.2) is 5.69 Å². The number of halogens is 1. The molecule has 2 amide bonds. The number of aromatic nitrogens is 2. The van der Waals surface area contributed by atoms with Gasteiger partial charge in [-0.3, -0.25) is 14.3 Å². The van der Waals surface area contributed by atoms with E-state index >= 15 is 0 Å². The van der Waals surface area contributed by atoms with Crippen LogP contribution in [-0.2, 0) is 17.9 Å².